The van der Waals surface area contributed by atoms with Gasteiger partial charge in [-0.1, -0.05) is 37.6 Å². The Bertz CT molecular complexity index is 1020. The van der Waals surface area contributed by atoms with E-state index in [9.17, 15) is 19.6 Å². The Labute approximate surface area is 205 Å². The molecule has 0 radical (unpaired) electrons. The van der Waals surface area contributed by atoms with Gasteiger partial charge in [0.05, 0.1) is 13.2 Å². The number of benzene rings is 2. The van der Waals surface area contributed by atoms with Crippen molar-refractivity contribution in [1.82, 2.24) is 14.9 Å². The summed E-state index contributed by atoms with van der Waals surface area (Å²) in [5.74, 6) is 0.955. The van der Waals surface area contributed by atoms with Crippen molar-refractivity contribution in [1.29, 1.82) is 0 Å². The predicted molar refractivity (Wildman–Crippen MR) is 130 cm³/mol. The molecule has 2 aromatic rings. The van der Waals surface area contributed by atoms with Gasteiger partial charge in [-0.2, -0.15) is 0 Å². The largest absolute Gasteiger partial charge is 0.494 e. The lowest BCUT2D eigenvalue weighted by Crippen LogP contribution is -2.48. The van der Waals surface area contributed by atoms with Crippen LogP contribution in [-0.2, 0) is 9.59 Å². The van der Waals surface area contributed by atoms with Crippen LogP contribution >= 0.6 is 0 Å². The molecule has 1 heterocycles. The van der Waals surface area contributed by atoms with Crippen molar-refractivity contribution in [3.8, 4) is 22.6 Å². The molecule has 0 spiro atoms. The lowest BCUT2D eigenvalue weighted by Gasteiger charge is -2.26. The fourth-order valence-corrected chi connectivity index (χ4v) is 3.67. The third-order valence-electron chi connectivity index (χ3n) is 6.25. The minimum Gasteiger partial charge on any atom is -0.494 e. The number of urea groups is 1. The van der Waals surface area contributed by atoms with Crippen molar-refractivity contribution < 1.29 is 29.1 Å². The number of carbonyl (C=O) groups is 3. The average molecular weight is 484 g/mol. The zero-order valence-electron chi connectivity index (χ0n) is 20.6. The highest BCUT2D eigenvalue weighted by Crippen LogP contribution is 2.27. The molecule has 35 heavy (non-hydrogen) atoms. The molecule has 1 aliphatic heterocycles. The molecule has 0 saturated carbocycles. The lowest BCUT2D eigenvalue weighted by molar-refractivity contribution is -0.165. The number of hydroxylamine groups is 2. The number of ether oxygens (including phenoxy) is 2. The molecule has 2 aromatic carbocycles. The molecule has 4 amide bonds. The molecule has 1 aliphatic rings. The maximum atomic E-state index is 12.7. The van der Waals surface area contributed by atoms with Crippen LogP contribution in [0.2, 0.25) is 0 Å². The molecule has 1 unspecified atom stereocenters. The molecule has 1 atom stereocenters. The Morgan fingerprint density at radius 1 is 1.00 bits per heavy atom. The molecule has 1 fully saturated rings. The average Bonchev–Trinajstić information content (AvgIpc) is 3.01. The summed E-state index contributed by atoms with van der Waals surface area (Å²) in [5, 5.41) is 10.4. The summed E-state index contributed by atoms with van der Waals surface area (Å²) in [7, 11) is 1.54. The first-order chi connectivity index (χ1) is 16.7. The lowest BCUT2D eigenvalue weighted by atomic mass is 10.1. The molecule has 3 rings (SSSR count). The number of imide groups is 1. The number of amides is 4. The summed E-state index contributed by atoms with van der Waals surface area (Å²) in [5.41, 5.74) is 1.02. The predicted octanol–water partition coefficient (Wildman–Crippen LogP) is 3.80. The molecule has 0 aliphatic carbocycles. The van der Waals surface area contributed by atoms with Gasteiger partial charge in [0, 0.05) is 7.05 Å². The van der Waals surface area contributed by atoms with Gasteiger partial charge >= 0.3 is 6.03 Å². The number of rotatable bonds is 12. The van der Waals surface area contributed by atoms with Gasteiger partial charge in [0.15, 0.2) is 0 Å². The van der Waals surface area contributed by atoms with Crippen molar-refractivity contribution in [3.63, 3.8) is 0 Å². The second-order valence-electron chi connectivity index (χ2n) is 9.02. The summed E-state index contributed by atoms with van der Waals surface area (Å²) in [6.07, 6.45) is 2.33. The van der Waals surface area contributed by atoms with Gasteiger partial charge < -0.3 is 14.4 Å². The van der Waals surface area contributed by atoms with Crippen LogP contribution in [0.3, 0.4) is 0 Å². The normalized spacial score (nSPS) is 15.8. The van der Waals surface area contributed by atoms with E-state index in [-0.39, 0.29) is 19.6 Å². The summed E-state index contributed by atoms with van der Waals surface area (Å²) in [4.78, 5) is 38.7. The van der Waals surface area contributed by atoms with Gasteiger partial charge in [-0.3, -0.25) is 19.7 Å². The first kappa shape index (κ1) is 26.0. The zero-order chi connectivity index (χ0) is 25.6. The van der Waals surface area contributed by atoms with Crippen LogP contribution in [0.4, 0.5) is 4.79 Å². The maximum Gasteiger partial charge on any atom is 0.327 e. The van der Waals surface area contributed by atoms with E-state index >= 15 is 0 Å². The van der Waals surface area contributed by atoms with Crippen molar-refractivity contribution >= 4 is 18.3 Å². The van der Waals surface area contributed by atoms with Crippen LogP contribution in [0, 0.1) is 0 Å². The molecule has 188 valence electrons. The first-order valence-electron chi connectivity index (χ1n) is 11.7. The second-order valence-corrected chi connectivity index (χ2v) is 9.02. The van der Waals surface area contributed by atoms with Crippen molar-refractivity contribution in [3.05, 3.63) is 48.5 Å². The van der Waals surface area contributed by atoms with E-state index in [2.05, 4.69) is 6.92 Å². The second kappa shape index (κ2) is 11.2. The molecule has 0 aromatic heterocycles. The highest BCUT2D eigenvalue weighted by Gasteiger charge is 2.50. The monoisotopic (exact) mass is 483 g/mol. The van der Waals surface area contributed by atoms with E-state index in [1.54, 1.807) is 26.0 Å². The van der Waals surface area contributed by atoms with Gasteiger partial charge in [0.1, 0.15) is 29.7 Å². The minimum atomic E-state index is -1.00. The van der Waals surface area contributed by atoms with Gasteiger partial charge in [-0.05, 0) is 55.7 Å². The summed E-state index contributed by atoms with van der Waals surface area (Å²) in [6, 6.07) is 13.8. The van der Waals surface area contributed by atoms with E-state index in [0.29, 0.717) is 17.4 Å². The van der Waals surface area contributed by atoms with Crippen molar-refractivity contribution in [2.45, 2.75) is 45.2 Å². The first-order valence-corrected chi connectivity index (χ1v) is 11.7. The van der Waals surface area contributed by atoms with Gasteiger partial charge in [0.25, 0.3) is 5.91 Å². The SMILES string of the molecule is CCCCOc1ccc(-c2ccc(OCC(CN3C(=O)N(C)C(C)(C)C3=O)N(O)C=O)cc2)cc1. The summed E-state index contributed by atoms with van der Waals surface area (Å²) in [6.45, 7) is 5.81. The number of carbonyl (C=O) groups excluding carboxylic acids is 3. The van der Waals surface area contributed by atoms with Gasteiger partial charge in [-0.15, -0.1) is 0 Å². The van der Waals surface area contributed by atoms with Crippen LogP contribution in [-0.4, -0.2) is 76.8 Å². The van der Waals surface area contributed by atoms with Crippen molar-refractivity contribution in [2.75, 3.05) is 26.8 Å². The van der Waals surface area contributed by atoms with Crippen LogP contribution in [0.15, 0.2) is 48.5 Å². The number of unbranched alkanes of at least 4 members (excludes halogenated alkanes) is 1. The third-order valence-corrected chi connectivity index (χ3v) is 6.25. The molecular formula is C26H33N3O6. The van der Waals surface area contributed by atoms with E-state index in [1.807, 2.05) is 36.4 Å². The van der Waals surface area contributed by atoms with Crippen LogP contribution in [0.1, 0.15) is 33.6 Å². The van der Waals surface area contributed by atoms with E-state index in [1.165, 1.54) is 11.9 Å². The zero-order valence-corrected chi connectivity index (χ0v) is 20.6. The molecule has 9 heteroatoms. The molecule has 9 nitrogen and oxygen atoms in total. The standard InChI is InChI=1S/C26H33N3O6/c1-5-6-15-34-22-11-7-19(8-12-22)20-9-13-23(14-10-20)35-17-21(29(33)18-30)16-28-24(31)26(2,3)27(4)25(28)32/h7-14,18,21,33H,5-6,15-17H2,1-4H3. The fraction of sp³-hybridized carbons (Fsp3) is 0.423. The molecule has 1 saturated heterocycles. The summed E-state index contributed by atoms with van der Waals surface area (Å²) < 4.78 is 11.5. The summed E-state index contributed by atoms with van der Waals surface area (Å²) >= 11 is 0. The number of nitrogens with zero attached hydrogens (tertiary/aromatic N) is 3. The molecule has 1 N–H and O–H groups in total. The van der Waals surface area contributed by atoms with Gasteiger partial charge in [0.2, 0.25) is 6.41 Å². The Balaban J connectivity index is 1.62. The third kappa shape index (κ3) is 5.92. The quantitative estimate of drug-likeness (QED) is 0.162. The Hall–Kier alpha value is -3.59. The topological polar surface area (TPSA) is 99.6 Å². The van der Waals surface area contributed by atoms with Crippen LogP contribution < -0.4 is 9.47 Å². The Morgan fingerprint density at radius 2 is 1.54 bits per heavy atom. The fourth-order valence-electron chi connectivity index (χ4n) is 3.67. The number of hydrogen-bond acceptors (Lipinski definition) is 6. The number of hydrogen-bond donors (Lipinski definition) is 1. The van der Waals surface area contributed by atoms with Gasteiger partial charge in [-0.25, -0.2) is 9.86 Å². The smallest absolute Gasteiger partial charge is 0.327 e. The molecular weight excluding hydrogens is 450 g/mol. The van der Waals surface area contributed by atoms with E-state index in [0.717, 1.165) is 34.6 Å². The minimum absolute atomic E-state index is 0.112. The molecule has 0 bridgehead atoms. The van der Waals surface area contributed by atoms with Crippen LogP contribution in [0.5, 0.6) is 11.5 Å². The van der Waals surface area contributed by atoms with Crippen LogP contribution in [0.25, 0.3) is 11.1 Å². The maximum absolute atomic E-state index is 12.7. The Kier molecular flexibility index (Phi) is 8.34. The van der Waals surface area contributed by atoms with E-state index in [4.69, 9.17) is 9.47 Å². The number of likely N-dealkylation sites (N-methyl/N-ethyl adjacent to an activating group) is 1. The van der Waals surface area contributed by atoms with Crippen molar-refractivity contribution in [2.24, 2.45) is 0 Å². The Morgan fingerprint density at radius 3 is 2.00 bits per heavy atom. The highest BCUT2D eigenvalue weighted by molar-refractivity contribution is 6.06. The highest BCUT2D eigenvalue weighted by atomic mass is 16.5. The van der Waals surface area contributed by atoms with E-state index < -0.39 is 23.5 Å².